The molecule has 3 nitrogen and oxygen atoms in total. The van der Waals surface area contributed by atoms with Gasteiger partial charge in [-0.3, -0.25) is 0 Å². The number of hydrogen-bond donors (Lipinski definition) is 1. The van der Waals surface area contributed by atoms with Gasteiger partial charge >= 0.3 is 0 Å². The van der Waals surface area contributed by atoms with E-state index in [9.17, 15) is 0 Å². The first-order valence-corrected chi connectivity index (χ1v) is 8.77. The van der Waals surface area contributed by atoms with Crippen molar-refractivity contribution in [2.75, 3.05) is 26.7 Å². The van der Waals surface area contributed by atoms with Crippen LogP contribution < -0.4 is 10.1 Å². The lowest BCUT2D eigenvalue weighted by Crippen LogP contribution is -2.26. The van der Waals surface area contributed by atoms with Crippen LogP contribution in [-0.2, 0) is 0 Å². The Labute approximate surface area is 137 Å². The molecule has 21 heavy (non-hydrogen) atoms. The molecule has 1 aliphatic rings. The molecule has 2 atom stereocenters. The summed E-state index contributed by atoms with van der Waals surface area (Å²) in [5.41, 5.74) is 1.24. The molecule has 1 fully saturated rings. The van der Waals surface area contributed by atoms with Crippen molar-refractivity contribution in [2.24, 2.45) is 0 Å². The van der Waals surface area contributed by atoms with Gasteiger partial charge < -0.3 is 15.0 Å². The number of ether oxygens (including phenoxy) is 1. The largest absolute Gasteiger partial charge is 0.493 e. The van der Waals surface area contributed by atoms with Crippen molar-refractivity contribution in [3.63, 3.8) is 0 Å². The van der Waals surface area contributed by atoms with Crippen LogP contribution in [0.4, 0.5) is 0 Å². The highest BCUT2D eigenvalue weighted by Crippen LogP contribution is 2.29. The van der Waals surface area contributed by atoms with Crippen molar-refractivity contribution >= 4 is 15.9 Å². The van der Waals surface area contributed by atoms with Gasteiger partial charge in [-0.1, -0.05) is 28.9 Å². The molecule has 0 aromatic heterocycles. The Morgan fingerprint density at radius 3 is 2.95 bits per heavy atom. The molecule has 0 amide bonds. The fraction of sp³-hybridized carbons (Fsp3) is 0.647. The molecule has 0 radical (unpaired) electrons. The smallest absolute Gasteiger partial charge is 0.125 e. The SMILES string of the molecule is CCNC(C)c1ccc(Br)cc1OCCC1CCCN1C. The molecule has 1 aromatic rings. The van der Waals surface area contributed by atoms with E-state index in [4.69, 9.17) is 4.74 Å². The summed E-state index contributed by atoms with van der Waals surface area (Å²) in [6.07, 6.45) is 3.73. The van der Waals surface area contributed by atoms with Gasteiger partial charge in [-0.15, -0.1) is 0 Å². The van der Waals surface area contributed by atoms with Gasteiger partial charge in [0.25, 0.3) is 0 Å². The fourth-order valence-corrected chi connectivity index (χ4v) is 3.40. The lowest BCUT2D eigenvalue weighted by molar-refractivity contribution is 0.231. The van der Waals surface area contributed by atoms with Crippen LogP contribution >= 0.6 is 15.9 Å². The van der Waals surface area contributed by atoms with Crippen molar-refractivity contribution in [3.05, 3.63) is 28.2 Å². The lowest BCUT2D eigenvalue weighted by atomic mass is 10.1. The van der Waals surface area contributed by atoms with Crippen molar-refractivity contribution in [3.8, 4) is 5.75 Å². The molecule has 0 spiro atoms. The van der Waals surface area contributed by atoms with Gasteiger partial charge in [-0.25, -0.2) is 0 Å². The normalized spacial score (nSPS) is 20.7. The summed E-state index contributed by atoms with van der Waals surface area (Å²) in [5, 5.41) is 3.46. The Morgan fingerprint density at radius 1 is 1.48 bits per heavy atom. The minimum Gasteiger partial charge on any atom is -0.493 e. The molecule has 0 bridgehead atoms. The van der Waals surface area contributed by atoms with Crippen LogP contribution in [-0.4, -0.2) is 37.7 Å². The number of likely N-dealkylation sites (tertiary alicyclic amines) is 1. The van der Waals surface area contributed by atoms with Crippen LogP contribution in [0.25, 0.3) is 0 Å². The molecule has 0 aliphatic carbocycles. The van der Waals surface area contributed by atoms with E-state index in [1.807, 2.05) is 0 Å². The van der Waals surface area contributed by atoms with E-state index in [1.165, 1.54) is 24.9 Å². The van der Waals surface area contributed by atoms with Crippen molar-refractivity contribution < 1.29 is 4.74 Å². The van der Waals surface area contributed by atoms with Crippen molar-refractivity contribution in [2.45, 2.75) is 45.2 Å². The molecule has 2 rings (SSSR count). The summed E-state index contributed by atoms with van der Waals surface area (Å²) < 4.78 is 7.17. The second-order valence-electron chi connectivity index (χ2n) is 5.88. The third-order valence-electron chi connectivity index (χ3n) is 4.33. The van der Waals surface area contributed by atoms with Gasteiger partial charge in [-0.2, -0.15) is 0 Å². The highest BCUT2D eigenvalue weighted by Gasteiger charge is 2.20. The van der Waals surface area contributed by atoms with Gasteiger partial charge in [-0.05, 0) is 58.5 Å². The number of benzene rings is 1. The van der Waals surface area contributed by atoms with E-state index < -0.39 is 0 Å². The highest BCUT2D eigenvalue weighted by atomic mass is 79.9. The minimum absolute atomic E-state index is 0.312. The Balaban J connectivity index is 1.96. The van der Waals surface area contributed by atoms with Crippen molar-refractivity contribution in [1.82, 2.24) is 10.2 Å². The third kappa shape index (κ3) is 4.70. The molecule has 118 valence electrons. The number of nitrogens with one attached hydrogen (secondary N) is 1. The molecule has 1 aliphatic heterocycles. The second-order valence-corrected chi connectivity index (χ2v) is 6.79. The number of nitrogens with zero attached hydrogens (tertiary/aromatic N) is 1. The summed E-state index contributed by atoms with van der Waals surface area (Å²) in [5.74, 6) is 0.999. The Hall–Kier alpha value is -0.580. The van der Waals surface area contributed by atoms with E-state index in [0.29, 0.717) is 12.1 Å². The molecule has 1 saturated heterocycles. The summed E-state index contributed by atoms with van der Waals surface area (Å²) in [7, 11) is 2.22. The van der Waals surface area contributed by atoms with Crippen LogP contribution in [0.1, 0.15) is 44.7 Å². The average Bonchev–Trinajstić information content (AvgIpc) is 2.85. The fourth-order valence-electron chi connectivity index (χ4n) is 3.06. The molecule has 1 aromatic carbocycles. The topological polar surface area (TPSA) is 24.5 Å². The van der Waals surface area contributed by atoms with Crippen LogP contribution in [0.15, 0.2) is 22.7 Å². The predicted molar refractivity (Wildman–Crippen MR) is 92.0 cm³/mol. The number of rotatable bonds is 7. The summed E-state index contributed by atoms with van der Waals surface area (Å²) in [4.78, 5) is 2.45. The van der Waals surface area contributed by atoms with Gasteiger partial charge in [0, 0.05) is 22.1 Å². The Morgan fingerprint density at radius 2 is 2.29 bits per heavy atom. The molecular formula is C17H27BrN2O. The maximum Gasteiger partial charge on any atom is 0.125 e. The van der Waals surface area contributed by atoms with Crippen LogP contribution in [0, 0.1) is 0 Å². The highest BCUT2D eigenvalue weighted by molar-refractivity contribution is 9.10. The first kappa shape index (κ1) is 16.8. The zero-order chi connectivity index (χ0) is 15.2. The summed E-state index contributed by atoms with van der Waals surface area (Å²) >= 11 is 3.54. The quantitative estimate of drug-likeness (QED) is 0.801. The van der Waals surface area contributed by atoms with Gasteiger partial charge in [0.05, 0.1) is 6.61 Å². The maximum atomic E-state index is 6.10. The third-order valence-corrected chi connectivity index (χ3v) is 4.83. The summed E-state index contributed by atoms with van der Waals surface area (Å²) in [6, 6.07) is 7.32. The van der Waals surface area contributed by atoms with Crippen molar-refractivity contribution in [1.29, 1.82) is 0 Å². The molecule has 1 N–H and O–H groups in total. The van der Waals surface area contributed by atoms with Gasteiger partial charge in [0.1, 0.15) is 5.75 Å². The molecule has 4 heteroatoms. The second kappa shape index (κ2) is 8.16. The monoisotopic (exact) mass is 354 g/mol. The first-order chi connectivity index (χ1) is 10.1. The van der Waals surface area contributed by atoms with Crippen LogP contribution in [0.5, 0.6) is 5.75 Å². The lowest BCUT2D eigenvalue weighted by Gasteiger charge is -2.21. The minimum atomic E-state index is 0.312. The van der Waals surface area contributed by atoms with Gasteiger partial charge in [0.15, 0.2) is 0 Å². The maximum absolute atomic E-state index is 6.10. The molecule has 2 unspecified atom stereocenters. The predicted octanol–water partition coefficient (Wildman–Crippen LogP) is 3.98. The van der Waals surface area contributed by atoms with Gasteiger partial charge in [0.2, 0.25) is 0 Å². The molecule has 1 heterocycles. The summed E-state index contributed by atoms with van der Waals surface area (Å²) in [6.45, 7) is 7.29. The van der Waals surface area contributed by atoms with E-state index in [1.54, 1.807) is 0 Å². The number of hydrogen-bond acceptors (Lipinski definition) is 3. The van der Waals surface area contributed by atoms with E-state index in [-0.39, 0.29) is 0 Å². The van der Waals surface area contributed by atoms with E-state index >= 15 is 0 Å². The average molecular weight is 355 g/mol. The zero-order valence-electron chi connectivity index (χ0n) is 13.4. The zero-order valence-corrected chi connectivity index (χ0v) is 14.9. The molecular weight excluding hydrogens is 328 g/mol. The Bertz CT molecular complexity index is 452. The standard InChI is InChI=1S/C17H27BrN2O/c1-4-19-13(2)16-8-7-14(18)12-17(16)21-11-9-15-6-5-10-20(15)3/h7-8,12-13,15,19H,4-6,9-11H2,1-3H3. The van der Waals surface area contributed by atoms with E-state index in [2.05, 4.69) is 65.2 Å². The molecule has 0 saturated carbocycles. The first-order valence-electron chi connectivity index (χ1n) is 7.97. The van der Waals surface area contributed by atoms with Crippen LogP contribution in [0.3, 0.4) is 0 Å². The number of halogens is 1. The van der Waals surface area contributed by atoms with E-state index in [0.717, 1.165) is 29.8 Å². The van der Waals surface area contributed by atoms with Crippen LogP contribution in [0.2, 0.25) is 0 Å². The Kier molecular flexibility index (Phi) is 6.52.